The normalized spacial score (nSPS) is 20.8. The van der Waals surface area contributed by atoms with Crippen molar-refractivity contribution >= 4 is 34.5 Å². The molecular formula is C11H15N3S2. The van der Waals surface area contributed by atoms with E-state index in [4.69, 9.17) is 0 Å². The molecule has 1 aliphatic rings. The van der Waals surface area contributed by atoms with Gasteiger partial charge in [0.1, 0.15) is 0 Å². The maximum atomic E-state index is 4.48. The van der Waals surface area contributed by atoms with Gasteiger partial charge in [0.15, 0.2) is 5.17 Å². The summed E-state index contributed by atoms with van der Waals surface area (Å²) >= 11 is 3.39. The second kappa shape index (κ2) is 5.50. The van der Waals surface area contributed by atoms with Crippen LogP contribution in [0, 0.1) is 0 Å². The molecule has 0 saturated heterocycles. The second-order valence-corrected chi connectivity index (χ2v) is 4.97. The number of hydrogen-bond acceptors (Lipinski definition) is 4. The second-order valence-electron chi connectivity index (χ2n) is 3.41. The summed E-state index contributed by atoms with van der Waals surface area (Å²) in [5.74, 6) is 0. The highest BCUT2D eigenvalue weighted by Crippen LogP contribution is 2.31. The predicted molar refractivity (Wildman–Crippen MR) is 73.5 cm³/mol. The predicted octanol–water partition coefficient (Wildman–Crippen LogP) is 3.22. The first-order valence-electron chi connectivity index (χ1n) is 5.29. The van der Waals surface area contributed by atoms with E-state index in [2.05, 4.69) is 33.8 Å². The molecule has 86 valence electrons. The average molecular weight is 253 g/mol. The first kappa shape index (κ1) is 11.7. The van der Waals surface area contributed by atoms with Crippen LogP contribution in [-0.2, 0) is 0 Å². The molecule has 0 radical (unpaired) electrons. The lowest BCUT2D eigenvalue weighted by Gasteiger charge is -2.23. The number of rotatable bonds is 2. The van der Waals surface area contributed by atoms with Crippen LogP contribution in [0.25, 0.3) is 0 Å². The maximum absolute atomic E-state index is 4.48. The smallest absolute Gasteiger partial charge is 0.180 e. The van der Waals surface area contributed by atoms with Gasteiger partial charge in [-0.3, -0.25) is 4.99 Å². The molecule has 16 heavy (non-hydrogen) atoms. The van der Waals surface area contributed by atoms with Crippen LogP contribution in [0.3, 0.4) is 0 Å². The Kier molecular flexibility index (Phi) is 4.01. The SMILES string of the molecule is CCN=C(SC)N1N=CCC1c1ccsc1. The zero-order valence-corrected chi connectivity index (χ0v) is 11.1. The highest BCUT2D eigenvalue weighted by Gasteiger charge is 2.26. The van der Waals surface area contributed by atoms with Crippen molar-refractivity contribution in [3.63, 3.8) is 0 Å². The minimum atomic E-state index is 0.337. The Morgan fingerprint density at radius 2 is 2.62 bits per heavy atom. The van der Waals surface area contributed by atoms with Gasteiger partial charge in [-0.2, -0.15) is 16.4 Å². The first-order chi connectivity index (χ1) is 7.86. The highest BCUT2D eigenvalue weighted by atomic mass is 32.2. The minimum absolute atomic E-state index is 0.337. The number of amidine groups is 1. The monoisotopic (exact) mass is 253 g/mol. The van der Waals surface area contributed by atoms with E-state index in [0.717, 1.165) is 18.1 Å². The number of nitrogens with zero attached hydrogens (tertiary/aromatic N) is 3. The van der Waals surface area contributed by atoms with Gasteiger partial charge in [-0.15, -0.1) is 0 Å². The fourth-order valence-corrected chi connectivity index (χ4v) is 3.03. The first-order valence-corrected chi connectivity index (χ1v) is 7.45. The lowest BCUT2D eigenvalue weighted by molar-refractivity contribution is 0.377. The molecule has 0 amide bonds. The topological polar surface area (TPSA) is 28.0 Å². The van der Waals surface area contributed by atoms with Gasteiger partial charge in [0.2, 0.25) is 0 Å². The van der Waals surface area contributed by atoms with Crippen LogP contribution in [0.1, 0.15) is 24.9 Å². The van der Waals surface area contributed by atoms with Crippen LogP contribution in [-0.4, -0.2) is 29.2 Å². The van der Waals surface area contributed by atoms with E-state index in [1.54, 1.807) is 23.1 Å². The summed E-state index contributed by atoms with van der Waals surface area (Å²) in [5.41, 5.74) is 1.33. The van der Waals surface area contributed by atoms with E-state index < -0.39 is 0 Å². The van der Waals surface area contributed by atoms with Gasteiger partial charge in [0.25, 0.3) is 0 Å². The van der Waals surface area contributed by atoms with Crippen molar-refractivity contribution in [1.29, 1.82) is 0 Å². The molecular weight excluding hydrogens is 238 g/mol. The molecule has 0 aromatic carbocycles. The maximum Gasteiger partial charge on any atom is 0.180 e. The molecule has 0 spiro atoms. The number of thiophene rings is 1. The van der Waals surface area contributed by atoms with Crippen molar-refractivity contribution in [2.24, 2.45) is 10.1 Å². The Bertz CT molecular complexity index is 384. The summed E-state index contributed by atoms with van der Waals surface area (Å²) in [5, 5.41) is 11.8. The van der Waals surface area contributed by atoms with Crippen molar-refractivity contribution in [3.05, 3.63) is 22.4 Å². The summed E-state index contributed by atoms with van der Waals surface area (Å²) in [4.78, 5) is 4.48. The molecule has 1 atom stereocenters. The van der Waals surface area contributed by atoms with E-state index in [1.807, 2.05) is 17.5 Å². The molecule has 0 aliphatic carbocycles. The molecule has 0 fully saturated rings. The molecule has 5 heteroatoms. The molecule has 3 nitrogen and oxygen atoms in total. The fraction of sp³-hybridized carbons (Fsp3) is 0.455. The molecule has 2 heterocycles. The van der Waals surface area contributed by atoms with Gasteiger partial charge in [-0.25, -0.2) is 5.01 Å². The third kappa shape index (κ3) is 2.30. The number of hydrogen-bond donors (Lipinski definition) is 0. The largest absolute Gasteiger partial charge is 0.261 e. The Balaban J connectivity index is 2.20. The van der Waals surface area contributed by atoms with E-state index in [0.29, 0.717) is 6.04 Å². The quantitative estimate of drug-likeness (QED) is 0.598. The minimum Gasteiger partial charge on any atom is -0.261 e. The Labute approximate surface area is 104 Å². The zero-order valence-electron chi connectivity index (χ0n) is 9.46. The van der Waals surface area contributed by atoms with Crippen LogP contribution < -0.4 is 0 Å². The van der Waals surface area contributed by atoms with Crippen molar-refractivity contribution in [2.45, 2.75) is 19.4 Å². The standard InChI is InChI=1S/C11H15N3S2/c1-3-12-11(15-2)14-10(4-6-13-14)9-5-7-16-8-9/h5-8,10H,3-4H2,1-2H3. The summed E-state index contributed by atoms with van der Waals surface area (Å²) in [7, 11) is 0. The summed E-state index contributed by atoms with van der Waals surface area (Å²) in [6, 6.07) is 2.50. The third-order valence-electron chi connectivity index (χ3n) is 2.43. The van der Waals surface area contributed by atoms with Crippen molar-refractivity contribution < 1.29 is 0 Å². The third-order valence-corrected chi connectivity index (χ3v) is 3.81. The van der Waals surface area contributed by atoms with E-state index in [-0.39, 0.29) is 0 Å². The van der Waals surface area contributed by atoms with Crippen molar-refractivity contribution in [3.8, 4) is 0 Å². The van der Waals surface area contributed by atoms with Crippen LogP contribution in [0.4, 0.5) is 0 Å². The molecule has 1 aromatic rings. The zero-order chi connectivity index (χ0) is 11.4. The van der Waals surface area contributed by atoms with Crippen LogP contribution >= 0.6 is 23.1 Å². The Morgan fingerprint density at radius 1 is 1.75 bits per heavy atom. The molecule has 0 N–H and O–H groups in total. The Morgan fingerprint density at radius 3 is 3.25 bits per heavy atom. The van der Waals surface area contributed by atoms with Gasteiger partial charge in [-0.05, 0) is 35.6 Å². The van der Waals surface area contributed by atoms with Gasteiger partial charge in [0.05, 0.1) is 6.04 Å². The number of hydrazone groups is 1. The van der Waals surface area contributed by atoms with Crippen LogP contribution in [0.2, 0.25) is 0 Å². The van der Waals surface area contributed by atoms with Gasteiger partial charge >= 0.3 is 0 Å². The van der Waals surface area contributed by atoms with Crippen LogP contribution in [0.15, 0.2) is 26.9 Å². The number of aliphatic imine (C=N–C) groups is 1. The summed E-state index contributed by atoms with van der Waals surface area (Å²) in [6.07, 6.45) is 5.00. The van der Waals surface area contributed by atoms with E-state index >= 15 is 0 Å². The highest BCUT2D eigenvalue weighted by molar-refractivity contribution is 8.13. The molecule has 1 aliphatic heterocycles. The van der Waals surface area contributed by atoms with Gasteiger partial charge in [-0.1, -0.05) is 11.8 Å². The van der Waals surface area contributed by atoms with Crippen LogP contribution in [0.5, 0.6) is 0 Å². The van der Waals surface area contributed by atoms with Crippen molar-refractivity contribution in [2.75, 3.05) is 12.8 Å². The lowest BCUT2D eigenvalue weighted by atomic mass is 10.1. The number of thioether (sulfide) groups is 1. The van der Waals surface area contributed by atoms with Gasteiger partial charge in [0, 0.05) is 19.2 Å². The summed E-state index contributed by atoms with van der Waals surface area (Å²) < 4.78 is 0. The van der Waals surface area contributed by atoms with E-state index in [9.17, 15) is 0 Å². The summed E-state index contributed by atoms with van der Waals surface area (Å²) in [6.45, 7) is 2.86. The molecule has 0 bridgehead atoms. The Hall–Kier alpha value is -0.810. The average Bonchev–Trinajstić information content (AvgIpc) is 2.94. The molecule has 0 saturated carbocycles. The van der Waals surface area contributed by atoms with Gasteiger partial charge < -0.3 is 0 Å². The van der Waals surface area contributed by atoms with E-state index in [1.165, 1.54) is 5.56 Å². The lowest BCUT2D eigenvalue weighted by Crippen LogP contribution is -2.24. The van der Waals surface area contributed by atoms with Crippen molar-refractivity contribution in [1.82, 2.24) is 5.01 Å². The molecule has 2 rings (SSSR count). The molecule has 1 aromatic heterocycles. The molecule has 1 unspecified atom stereocenters. The fourth-order valence-electron chi connectivity index (χ4n) is 1.71.